The molecule has 0 radical (unpaired) electrons. The first-order valence-corrected chi connectivity index (χ1v) is 6.01. The number of pyridine rings is 1. The zero-order valence-corrected chi connectivity index (χ0v) is 9.69. The molecule has 1 aliphatic rings. The summed E-state index contributed by atoms with van der Waals surface area (Å²) in [7, 11) is 0. The highest BCUT2D eigenvalue weighted by Gasteiger charge is 2.41. The van der Waals surface area contributed by atoms with E-state index in [-0.39, 0.29) is 12.1 Å². The Morgan fingerprint density at radius 2 is 2.18 bits per heavy atom. The lowest BCUT2D eigenvalue weighted by Gasteiger charge is -2.15. The standard InChI is InChI=1S/C14H16N2O/c17-10-14(5-6-14)16-9-12-3-1-2-11-8-15-7-4-13(11)12/h1-4,7-8,16-17H,5-6,9-10H2. The van der Waals surface area contributed by atoms with E-state index >= 15 is 0 Å². The van der Waals surface area contributed by atoms with E-state index < -0.39 is 0 Å². The van der Waals surface area contributed by atoms with Gasteiger partial charge in [-0.3, -0.25) is 4.98 Å². The van der Waals surface area contributed by atoms with Crippen molar-refractivity contribution in [3.8, 4) is 0 Å². The van der Waals surface area contributed by atoms with Crippen molar-refractivity contribution in [1.82, 2.24) is 10.3 Å². The maximum Gasteiger partial charge on any atom is 0.0613 e. The van der Waals surface area contributed by atoms with E-state index in [0.717, 1.165) is 19.4 Å². The van der Waals surface area contributed by atoms with E-state index in [2.05, 4.69) is 28.5 Å². The van der Waals surface area contributed by atoms with Crippen molar-refractivity contribution >= 4 is 10.8 Å². The van der Waals surface area contributed by atoms with Crippen molar-refractivity contribution in [1.29, 1.82) is 0 Å². The largest absolute Gasteiger partial charge is 0.394 e. The van der Waals surface area contributed by atoms with Crippen molar-refractivity contribution in [2.24, 2.45) is 0 Å². The van der Waals surface area contributed by atoms with Crippen LogP contribution in [0.5, 0.6) is 0 Å². The number of fused-ring (bicyclic) bond motifs is 1. The van der Waals surface area contributed by atoms with Crippen LogP contribution in [0.25, 0.3) is 10.8 Å². The third kappa shape index (κ3) is 2.04. The molecule has 88 valence electrons. The van der Waals surface area contributed by atoms with Crippen LogP contribution in [0.4, 0.5) is 0 Å². The van der Waals surface area contributed by atoms with Crippen LogP contribution in [0.3, 0.4) is 0 Å². The summed E-state index contributed by atoms with van der Waals surface area (Å²) >= 11 is 0. The zero-order valence-electron chi connectivity index (χ0n) is 9.69. The second-order valence-corrected chi connectivity index (χ2v) is 4.81. The molecule has 1 fully saturated rings. The van der Waals surface area contributed by atoms with Crippen LogP contribution in [-0.2, 0) is 6.54 Å². The molecule has 0 atom stereocenters. The Morgan fingerprint density at radius 1 is 1.29 bits per heavy atom. The molecule has 0 bridgehead atoms. The average molecular weight is 228 g/mol. The molecule has 0 spiro atoms. The van der Waals surface area contributed by atoms with E-state index in [0.29, 0.717) is 0 Å². The van der Waals surface area contributed by atoms with Crippen LogP contribution < -0.4 is 5.32 Å². The zero-order chi connectivity index (χ0) is 11.7. The number of aliphatic hydroxyl groups is 1. The molecule has 3 heteroatoms. The number of benzene rings is 1. The van der Waals surface area contributed by atoms with Crippen LogP contribution in [-0.4, -0.2) is 22.2 Å². The number of rotatable bonds is 4. The van der Waals surface area contributed by atoms with Gasteiger partial charge in [0, 0.05) is 29.9 Å². The minimum atomic E-state index is -0.00477. The van der Waals surface area contributed by atoms with Gasteiger partial charge in [0.25, 0.3) is 0 Å². The summed E-state index contributed by atoms with van der Waals surface area (Å²) in [6.45, 7) is 1.04. The third-order valence-corrected chi connectivity index (χ3v) is 3.58. The molecule has 1 aliphatic carbocycles. The second kappa shape index (κ2) is 4.09. The summed E-state index contributed by atoms with van der Waals surface area (Å²) < 4.78 is 0. The summed E-state index contributed by atoms with van der Waals surface area (Å²) in [5.74, 6) is 0. The molecule has 2 N–H and O–H groups in total. The Labute approximate surface area is 100 Å². The van der Waals surface area contributed by atoms with Gasteiger partial charge in [0.05, 0.1) is 6.61 Å². The van der Waals surface area contributed by atoms with Gasteiger partial charge < -0.3 is 10.4 Å². The van der Waals surface area contributed by atoms with Crippen molar-refractivity contribution < 1.29 is 5.11 Å². The summed E-state index contributed by atoms with van der Waals surface area (Å²) in [5.41, 5.74) is 1.26. The van der Waals surface area contributed by atoms with E-state index in [9.17, 15) is 5.11 Å². The minimum absolute atomic E-state index is 0.00477. The predicted octanol–water partition coefficient (Wildman–Crippen LogP) is 1.85. The highest BCUT2D eigenvalue weighted by atomic mass is 16.3. The number of hydrogen-bond donors (Lipinski definition) is 2. The number of aliphatic hydroxyl groups excluding tert-OH is 1. The van der Waals surface area contributed by atoms with Crippen LogP contribution in [0.2, 0.25) is 0 Å². The monoisotopic (exact) mass is 228 g/mol. The van der Waals surface area contributed by atoms with Gasteiger partial charge in [-0.1, -0.05) is 18.2 Å². The lowest BCUT2D eigenvalue weighted by atomic mass is 10.1. The lowest BCUT2D eigenvalue weighted by Crippen LogP contribution is -2.34. The Balaban J connectivity index is 1.85. The van der Waals surface area contributed by atoms with Gasteiger partial charge in [0.1, 0.15) is 0 Å². The Morgan fingerprint density at radius 3 is 2.94 bits per heavy atom. The molecule has 1 aromatic carbocycles. The van der Waals surface area contributed by atoms with E-state index in [1.165, 1.54) is 16.3 Å². The van der Waals surface area contributed by atoms with Crippen molar-refractivity contribution in [3.63, 3.8) is 0 Å². The summed E-state index contributed by atoms with van der Waals surface area (Å²) in [4.78, 5) is 4.13. The second-order valence-electron chi connectivity index (χ2n) is 4.81. The van der Waals surface area contributed by atoms with E-state index in [1.807, 2.05) is 18.5 Å². The van der Waals surface area contributed by atoms with Gasteiger partial charge in [0.15, 0.2) is 0 Å². The highest BCUT2D eigenvalue weighted by Crippen LogP contribution is 2.35. The Kier molecular flexibility index (Phi) is 2.57. The number of aromatic nitrogens is 1. The van der Waals surface area contributed by atoms with E-state index in [4.69, 9.17) is 0 Å². The van der Waals surface area contributed by atoms with Crippen LogP contribution in [0, 0.1) is 0 Å². The quantitative estimate of drug-likeness (QED) is 0.839. The molecule has 3 rings (SSSR count). The normalized spacial score (nSPS) is 17.2. The summed E-state index contributed by atoms with van der Waals surface area (Å²) in [5, 5.41) is 15.1. The van der Waals surface area contributed by atoms with Gasteiger partial charge in [-0.25, -0.2) is 0 Å². The van der Waals surface area contributed by atoms with Crippen molar-refractivity contribution in [2.45, 2.75) is 24.9 Å². The van der Waals surface area contributed by atoms with Crippen molar-refractivity contribution in [2.75, 3.05) is 6.61 Å². The third-order valence-electron chi connectivity index (χ3n) is 3.58. The van der Waals surface area contributed by atoms with Crippen LogP contribution in [0.1, 0.15) is 18.4 Å². The molecule has 17 heavy (non-hydrogen) atoms. The molecule has 3 nitrogen and oxygen atoms in total. The fourth-order valence-corrected chi connectivity index (χ4v) is 2.17. The van der Waals surface area contributed by atoms with Crippen LogP contribution in [0.15, 0.2) is 36.7 Å². The number of nitrogens with one attached hydrogen (secondary N) is 1. The first-order chi connectivity index (χ1) is 8.33. The van der Waals surface area contributed by atoms with Crippen molar-refractivity contribution in [3.05, 3.63) is 42.2 Å². The average Bonchev–Trinajstić information content (AvgIpc) is 3.17. The summed E-state index contributed by atoms with van der Waals surface area (Å²) in [6, 6.07) is 8.30. The lowest BCUT2D eigenvalue weighted by molar-refractivity contribution is 0.230. The Hall–Kier alpha value is -1.45. The van der Waals surface area contributed by atoms with Crippen LogP contribution >= 0.6 is 0 Å². The molecule has 1 aromatic heterocycles. The van der Waals surface area contributed by atoms with Gasteiger partial charge >= 0.3 is 0 Å². The molecule has 1 saturated carbocycles. The van der Waals surface area contributed by atoms with E-state index in [1.54, 1.807) is 0 Å². The number of hydrogen-bond acceptors (Lipinski definition) is 3. The summed E-state index contributed by atoms with van der Waals surface area (Å²) in [6.07, 6.45) is 5.87. The Bertz CT molecular complexity index is 529. The molecule has 0 unspecified atom stereocenters. The molecule has 1 heterocycles. The maximum absolute atomic E-state index is 9.28. The highest BCUT2D eigenvalue weighted by molar-refractivity contribution is 5.84. The minimum Gasteiger partial charge on any atom is -0.394 e. The van der Waals surface area contributed by atoms with Gasteiger partial charge in [-0.2, -0.15) is 0 Å². The predicted molar refractivity (Wildman–Crippen MR) is 67.6 cm³/mol. The smallest absolute Gasteiger partial charge is 0.0613 e. The molecular weight excluding hydrogens is 212 g/mol. The van der Waals surface area contributed by atoms with Gasteiger partial charge in [0.2, 0.25) is 0 Å². The number of nitrogens with zero attached hydrogens (tertiary/aromatic N) is 1. The first-order valence-electron chi connectivity index (χ1n) is 6.01. The van der Waals surface area contributed by atoms with Gasteiger partial charge in [-0.05, 0) is 29.9 Å². The SMILES string of the molecule is OCC1(NCc2cccc3cnccc23)CC1. The van der Waals surface area contributed by atoms with Gasteiger partial charge in [-0.15, -0.1) is 0 Å². The first kappa shape index (κ1) is 10.7. The fourth-order valence-electron chi connectivity index (χ4n) is 2.17. The molecule has 0 saturated heterocycles. The molecular formula is C14H16N2O. The molecule has 2 aromatic rings. The topological polar surface area (TPSA) is 45.1 Å². The maximum atomic E-state index is 9.28. The molecule has 0 aliphatic heterocycles. The fraction of sp³-hybridized carbons (Fsp3) is 0.357. The molecule has 0 amide bonds.